The van der Waals surface area contributed by atoms with Gasteiger partial charge in [-0.25, -0.2) is 0 Å². The van der Waals surface area contributed by atoms with Gasteiger partial charge in [0.15, 0.2) is 0 Å². The van der Waals surface area contributed by atoms with Gasteiger partial charge in [-0.2, -0.15) is 0 Å². The molecule has 10 heteroatoms. The fraction of sp³-hybridized carbons (Fsp3) is 0.870. The summed E-state index contributed by atoms with van der Waals surface area (Å²) in [7, 11) is 0. The van der Waals surface area contributed by atoms with Gasteiger partial charge in [-0.1, -0.05) is 0 Å². The quantitative estimate of drug-likeness (QED) is 0.457. The number of nitrogens with zero attached hydrogens (tertiary/aromatic N) is 2. The number of ether oxygens (including phenoxy) is 2. The van der Waals surface area contributed by atoms with Crippen molar-refractivity contribution in [1.82, 2.24) is 20.4 Å². The predicted molar refractivity (Wildman–Crippen MR) is 126 cm³/mol. The van der Waals surface area contributed by atoms with Crippen LogP contribution >= 0.6 is 0 Å². The minimum atomic E-state index is -0.931. The van der Waals surface area contributed by atoms with Gasteiger partial charge in [0.25, 0.3) is 0 Å². The van der Waals surface area contributed by atoms with Crippen molar-refractivity contribution < 1.29 is 29.0 Å². The van der Waals surface area contributed by atoms with E-state index in [2.05, 4.69) is 15.5 Å². The van der Waals surface area contributed by atoms with Crippen LogP contribution in [0.4, 0.5) is 0 Å². The number of hydrogen-bond acceptors (Lipinski definition) is 9. The van der Waals surface area contributed by atoms with E-state index >= 15 is 0 Å². The normalized spacial score (nSPS) is 19.1. The van der Waals surface area contributed by atoms with Crippen LogP contribution in [-0.2, 0) is 23.9 Å². The van der Waals surface area contributed by atoms with Crippen LogP contribution in [0.15, 0.2) is 0 Å². The Balaban J connectivity index is 2.72. The average molecular weight is 473 g/mol. The maximum atomic E-state index is 12.8. The van der Waals surface area contributed by atoms with Crippen molar-refractivity contribution in [1.29, 1.82) is 0 Å². The Morgan fingerprint density at radius 1 is 0.848 bits per heavy atom. The van der Waals surface area contributed by atoms with Gasteiger partial charge in [0.1, 0.15) is 17.2 Å². The molecule has 1 heterocycles. The molecule has 0 aliphatic carbocycles. The highest BCUT2D eigenvalue weighted by atomic mass is 16.6. The molecule has 0 aromatic heterocycles. The third-order valence-corrected chi connectivity index (χ3v) is 4.89. The highest BCUT2D eigenvalue weighted by Crippen LogP contribution is 2.15. The topological polar surface area (TPSA) is 120 Å². The van der Waals surface area contributed by atoms with Crippen LogP contribution in [0.2, 0.25) is 0 Å². The fourth-order valence-electron chi connectivity index (χ4n) is 3.50. The van der Waals surface area contributed by atoms with Crippen LogP contribution in [0, 0.1) is 0 Å². The number of carbonyl (C=O) groups excluding carboxylic acids is 2. The summed E-state index contributed by atoms with van der Waals surface area (Å²) in [4.78, 5) is 40.2. The zero-order chi connectivity index (χ0) is 25.1. The number of rotatable bonds is 7. The second-order valence-electron chi connectivity index (χ2n) is 10.4. The first-order chi connectivity index (χ1) is 15.3. The van der Waals surface area contributed by atoms with Crippen molar-refractivity contribution in [2.75, 3.05) is 58.9 Å². The molecule has 0 bridgehead atoms. The van der Waals surface area contributed by atoms with Gasteiger partial charge >= 0.3 is 17.9 Å². The van der Waals surface area contributed by atoms with Crippen molar-refractivity contribution in [3.05, 3.63) is 0 Å². The third-order valence-electron chi connectivity index (χ3n) is 4.89. The lowest BCUT2D eigenvalue weighted by atomic mass is 10.1. The van der Waals surface area contributed by atoms with E-state index in [1.165, 1.54) is 0 Å². The number of aliphatic carboxylic acids is 1. The zero-order valence-corrected chi connectivity index (χ0v) is 21.2. The summed E-state index contributed by atoms with van der Waals surface area (Å²) in [5.41, 5.74) is -1.14. The zero-order valence-electron chi connectivity index (χ0n) is 21.2. The van der Waals surface area contributed by atoms with Crippen molar-refractivity contribution >= 4 is 17.9 Å². The lowest BCUT2D eigenvalue weighted by molar-refractivity contribution is -0.162. The first-order valence-electron chi connectivity index (χ1n) is 11.8. The predicted octanol–water partition coefficient (Wildman–Crippen LogP) is 0.700. The molecule has 0 amide bonds. The van der Waals surface area contributed by atoms with Gasteiger partial charge in [-0.3, -0.25) is 24.2 Å². The second kappa shape index (κ2) is 13.8. The Hall–Kier alpha value is -1.75. The van der Waals surface area contributed by atoms with Crippen LogP contribution in [-0.4, -0.2) is 109 Å². The van der Waals surface area contributed by atoms with Gasteiger partial charge in [0, 0.05) is 58.8 Å². The van der Waals surface area contributed by atoms with Crippen LogP contribution in [0.5, 0.6) is 0 Å². The van der Waals surface area contributed by atoms with Crippen LogP contribution in [0.3, 0.4) is 0 Å². The number of nitrogens with one attached hydrogen (secondary N) is 2. The summed E-state index contributed by atoms with van der Waals surface area (Å²) in [6.45, 7) is 16.4. The summed E-state index contributed by atoms with van der Waals surface area (Å²) in [5.74, 6) is -1.56. The Morgan fingerprint density at radius 2 is 1.33 bits per heavy atom. The van der Waals surface area contributed by atoms with E-state index in [4.69, 9.17) is 14.6 Å². The summed E-state index contributed by atoms with van der Waals surface area (Å²) < 4.78 is 11.0. The molecule has 0 radical (unpaired) electrons. The average Bonchev–Trinajstić information content (AvgIpc) is 2.61. The van der Waals surface area contributed by atoms with Gasteiger partial charge < -0.3 is 25.2 Å². The van der Waals surface area contributed by atoms with Gasteiger partial charge in [-0.15, -0.1) is 0 Å². The SMILES string of the molecule is CC(C)(C)OC(=O)CN1CCNCCN(C(CCC(=O)O)C(=O)OC(C)(C)C)CCNCC1. The van der Waals surface area contributed by atoms with E-state index in [9.17, 15) is 14.4 Å². The molecule has 1 aliphatic heterocycles. The van der Waals surface area contributed by atoms with Gasteiger partial charge in [0.2, 0.25) is 0 Å². The molecule has 1 fully saturated rings. The molecule has 1 unspecified atom stereocenters. The number of carbonyl (C=O) groups is 3. The number of hydrogen-bond donors (Lipinski definition) is 3. The standard InChI is InChI=1S/C23H44N4O6/c1-22(2,3)32-20(30)17-26-13-9-24-11-15-27(16-12-25-10-14-26)18(7-8-19(28)29)21(31)33-23(4,5)6/h18,24-25H,7-17H2,1-6H3,(H,28,29). The summed E-state index contributed by atoms with van der Waals surface area (Å²) in [5, 5.41) is 15.9. The Morgan fingerprint density at radius 3 is 1.79 bits per heavy atom. The highest BCUT2D eigenvalue weighted by molar-refractivity contribution is 5.77. The van der Waals surface area contributed by atoms with Crippen molar-refractivity contribution in [3.63, 3.8) is 0 Å². The number of carboxylic acid groups (broad SMARTS) is 1. The van der Waals surface area contributed by atoms with Crippen molar-refractivity contribution in [3.8, 4) is 0 Å². The number of esters is 2. The Bertz CT molecular complexity index is 615. The largest absolute Gasteiger partial charge is 0.481 e. The lowest BCUT2D eigenvalue weighted by Gasteiger charge is -2.33. The van der Waals surface area contributed by atoms with E-state index in [1.807, 2.05) is 46.4 Å². The molecule has 192 valence electrons. The molecule has 1 rings (SSSR count). The molecule has 10 nitrogen and oxygen atoms in total. The van der Waals surface area contributed by atoms with E-state index in [1.54, 1.807) is 0 Å². The summed E-state index contributed by atoms with van der Waals surface area (Å²) in [6, 6.07) is -0.615. The molecule has 0 spiro atoms. The molecule has 1 atom stereocenters. The second-order valence-corrected chi connectivity index (χ2v) is 10.4. The summed E-state index contributed by atoms with van der Waals surface area (Å²) >= 11 is 0. The summed E-state index contributed by atoms with van der Waals surface area (Å²) in [6.07, 6.45) is 0.106. The molecule has 0 saturated carbocycles. The minimum Gasteiger partial charge on any atom is -0.481 e. The molecule has 1 aliphatic rings. The van der Waals surface area contributed by atoms with E-state index in [-0.39, 0.29) is 31.3 Å². The molecule has 33 heavy (non-hydrogen) atoms. The lowest BCUT2D eigenvalue weighted by Crippen LogP contribution is -2.50. The number of carboxylic acids is 1. The fourth-order valence-corrected chi connectivity index (χ4v) is 3.50. The molecular formula is C23H44N4O6. The van der Waals surface area contributed by atoms with E-state index in [0.29, 0.717) is 52.4 Å². The Kier molecular flexibility index (Phi) is 12.3. The molecule has 0 aromatic carbocycles. The first-order valence-corrected chi connectivity index (χ1v) is 11.8. The first kappa shape index (κ1) is 29.3. The molecule has 3 N–H and O–H groups in total. The highest BCUT2D eigenvalue weighted by Gasteiger charge is 2.30. The van der Waals surface area contributed by atoms with E-state index < -0.39 is 23.2 Å². The van der Waals surface area contributed by atoms with Crippen LogP contribution < -0.4 is 10.6 Å². The van der Waals surface area contributed by atoms with Crippen molar-refractivity contribution in [2.24, 2.45) is 0 Å². The maximum absolute atomic E-state index is 12.8. The molecule has 1 saturated heterocycles. The van der Waals surface area contributed by atoms with Gasteiger partial charge in [0.05, 0.1) is 6.54 Å². The Labute approximate surface area is 198 Å². The van der Waals surface area contributed by atoms with E-state index in [0.717, 1.165) is 0 Å². The van der Waals surface area contributed by atoms with Crippen molar-refractivity contribution in [2.45, 2.75) is 71.6 Å². The third kappa shape index (κ3) is 14.2. The molecular weight excluding hydrogens is 428 g/mol. The smallest absolute Gasteiger partial charge is 0.323 e. The minimum absolute atomic E-state index is 0.0963. The van der Waals surface area contributed by atoms with Crippen LogP contribution in [0.1, 0.15) is 54.4 Å². The van der Waals surface area contributed by atoms with Crippen LogP contribution in [0.25, 0.3) is 0 Å². The molecule has 0 aromatic rings. The maximum Gasteiger partial charge on any atom is 0.323 e. The van der Waals surface area contributed by atoms with Gasteiger partial charge in [-0.05, 0) is 48.0 Å². The monoisotopic (exact) mass is 472 g/mol.